The molecule has 0 aliphatic rings. The minimum absolute atomic E-state index is 0.880. The van der Waals surface area contributed by atoms with Gasteiger partial charge in [0.15, 0.2) is 0 Å². The van der Waals surface area contributed by atoms with Crippen LogP contribution in [0.4, 0.5) is 5.69 Å². The third-order valence-electron chi connectivity index (χ3n) is 10.00. The average Bonchev–Trinajstić information content (AvgIpc) is 3.83. The van der Waals surface area contributed by atoms with Gasteiger partial charge >= 0.3 is 0 Å². The van der Waals surface area contributed by atoms with Gasteiger partial charge in [0, 0.05) is 51.8 Å². The SMILES string of the molecule is C=C(c1ccccc1)c1ccccc1N=C(C)n1c2ccc(-c3ccc4oc5cccc(Br)c5c4c3)cc2c2cc3c(cc21)sc1ccccc13. The van der Waals surface area contributed by atoms with Gasteiger partial charge in [-0.2, -0.15) is 0 Å². The summed E-state index contributed by atoms with van der Waals surface area (Å²) in [6.07, 6.45) is 0. The maximum atomic E-state index is 6.20. The van der Waals surface area contributed by atoms with E-state index in [0.717, 1.165) is 76.8 Å². The quantitative estimate of drug-likeness (QED) is 0.131. The van der Waals surface area contributed by atoms with Crippen molar-refractivity contribution >= 4 is 108 Å². The maximum Gasteiger partial charge on any atom is 0.136 e. The molecule has 242 valence electrons. The first-order valence-corrected chi connectivity index (χ1v) is 18.5. The number of aromatic nitrogens is 1. The summed E-state index contributed by atoms with van der Waals surface area (Å²) in [6.45, 7) is 6.58. The van der Waals surface area contributed by atoms with Gasteiger partial charge in [-0.1, -0.05) is 107 Å². The molecule has 3 nitrogen and oxygen atoms in total. The lowest BCUT2D eigenvalue weighted by atomic mass is 9.98. The van der Waals surface area contributed by atoms with Crippen molar-refractivity contribution in [1.82, 2.24) is 4.57 Å². The summed E-state index contributed by atoms with van der Waals surface area (Å²) in [4.78, 5) is 5.32. The van der Waals surface area contributed by atoms with Crippen LogP contribution < -0.4 is 0 Å². The van der Waals surface area contributed by atoms with Crippen LogP contribution in [0.15, 0.2) is 166 Å². The molecule has 3 heterocycles. The average molecular weight is 738 g/mol. The monoisotopic (exact) mass is 736 g/mol. The predicted molar refractivity (Wildman–Crippen MR) is 222 cm³/mol. The Labute approximate surface area is 306 Å². The van der Waals surface area contributed by atoms with Crippen molar-refractivity contribution in [3.8, 4) is 11.1 Å². The fourth-order valence-electron chi connectivity index (χ4n) is 7.57. The molecule has 0 aliphatic heterocycles. The number of hydrogen-bond acceptors (Lipinski definition) is 3. The molecular weight excluding hydrogens is 708 g/mol. The van der Waals surface area contributed by atoms with Crippen LogP contribution >= 0.6 is 27.3 Å². The number of thiophene rings is 1. The van der Waals surface area contributed by atoms with Crippen molar-refractivity contribution in [2.24, 2.45) is 4.99 Å². The van der Waals surface area contributed by atoms with Gasteiger partial charge in [-0.05, 0) is 89.9 Å². The Morgan fingerprint density at radius 3 is 2.25 bits per heavy atom. The highest BCUT2D eigenvalue weighted by Gasteiger charge is 2.18. The van der Waals surface area contributed by atoms with E-state index in [1.807, 2.05) is 47.7 Å². The summed E-state index contributed by atoms with van der Waals surface area (Å²) >= 11 is 5.60. The molecule has 3 aromatic heterocycles. The summed E-state index contributed by atoms with van der Waals surface area (Å²) in [5, 5.41) is 7.16. The summed E-state index contributed by atoms with van der Waals surface area (Å²) < 4.78 is 12.1. The molecule has 5 heteroatoms. The highest BCUT2D eigenvalue weighted by molar-refractivity contribution is 9.10. The zero-order chi connectivity index (χ0) is 34.2. The van der Waals surface area contributed by atoms with Crippen LogP contribution in [0.25, 0.3) is 80.6 Å². The molecule has 0 unspecified atom stereocenters. The molecule has 10 aromatic rings. The van der Waals surface area contributed by atoms with Crippen molar-refractivity contribution in [1.29, 1.82) is 0 Å². The molecule has 10 rings (SSSR count). The standard InChI is InChI=1S/C46H29BrN2OS/c1-27(29-11-4-3-5-12-29)32-13-6-8-16-39(32)48-28(2)49-40-21-19-30(31-20-22-42-37(24-31)46-38(47)15-10-17-43(46)50-42)23-34(40)35-25-36-33-14-7-9-18-44(33)51-45(36)26-41(35)49/h3-26H,1H2,2H3. The largest absolute Gasteiger partial charge is 0.456 e. The zero-order valence-corrected chi connectivity index (χ0v) is 30.1. The molecule has 0 radical (unpaired) electrons. The zero-order valence-electron chi connectivity index (χ0n) is 27.7. The highest BCUT2D eigenvalue weighted by Crippen LogP contribution is 2.42. The predicted octanol–water partition coefficient (Wildman–Crippen LogP) is 14.2. The lowest BCUT2D eigenvalue weighted by molar-refractivity contribution is 0.669. The first kappa shape index (κ1) is 30.1. The van der Waals surface area contributed by atoms with E-state index >= 15 is 0 Å². The van der Waals surface area contributed by atoms with Crippen LogP contribution in [0.5, 0.6) is 0 Å². The molecule has 0 saturated carbocycles. The third kappa shape index (κ3) is 4.80. The van der Waals surface area contributed by atoms with Crippen LogP contribution in [-0.4, -0.2) is 10.4 Å². The number of aliphatic imine (C=N–C) groups is 1. The van der Waals surface area contributed by atoms with Crippen molar-refractivity contribution in [2.45, 2.75) is 6.92 Å². The molecular formula is C46H29BrN2OS. The first-order valence-electron chi connectivity index (χ1n) is 16.9. The van der Waals surface area contributed by atoms with Crippen molar-refractivity contribution < 1.29 is 4.42 Å². The smallest absolute Gasteiger partial charge is 0.136 e. The van der Waals surface area contributed by atoms with E-state index in [-0.39, 0.29) is 0 Å². The first-order chi connectivity index (χ1) is 25.0. The fraction of sp³-hybridized carbons (Fsp3) is 0.0217. The van der Waals surface area contributed by atoms with Gasteiger partial charge in [-0.15, -0.1) is 11.3 Å². The molecule has 0 spiro atoms. The molecule has 0 saturated heterocycles. The van der Waals surface area contributed by atoms with Gasteiger partial charge in [0.1, 0.15) is 17.0 Å². The number of furan rings is 1. The van der Waals surface area contributed by atoms with E-state index in [0.29, 0.717) is 0 Å². The molecule has 7 aromatic carbocycles. The van der Waals surface area contributed by atoms with Crippen LogP contribution in [0.1, 0.15) is 18.1 Å². The molecule has 0 N–H and O–H groups in total. The molecule has 0 amide bonds. The van der Waals surface area contributed by atoms with Crippen LogP contribution in [0.3, 0.4) is 0 Å². The second-order valence-corrected chi connectivity index (χ2v) is 14.9. The minimum atomic E-state index is 0.880. The topological polar surface area (TPSA) is 30.4 Å². The van der Waals surface area contributed by atoms with E-state index in [2.05, 4.69) is 143 Å². The van der Waals surface area contributed by atoms with Crippen LogP contribution in [-0.2, 0) is 0 Å². The Bertz CT molecular complexity index is 3070. The number of nitrogens with zero attached hydrogens (tertiary/aromatic N) is 2. The van der Waals surface area contributed by atoms with E-state index in [4.69, 9.17) is 9.41 Å². The van der Waals surface area contributed by atoms with Crippen LogP contribution in [0.2, 0.25) is 0 Å². The maximum absolute atomic E-state index is 6.20. The molecule has 0 bridgehead atoms. The van der Waals surface area contributed by atoms with E-state index in [9.17, 15) is 0 Å². The molecule has 51 heavy (non-hydrogen) atoms. The third-order valence-corrected chi connectivity index (χ3v) is 11.8. The molecule has 0 fully saturated rings. The Morgan fingerprint density at radius 1 is 0.627 bits per heavy atom. The van der Waals surface area contributed by atoms with Crippen LogP contribution in [0, 0.1) is 0 Å². The number of benzene rings is 7. The number of fused-ring (bicyclic) bond motifs is 9. The summed E-state index contributed by atoms with van der Waals surface area (Å²) in [7, 11) is 0. The van der Waals surface area contributed by atoms with Crippen molar-refractivity contribution in [3.63, 3.8) is 0 Å². The number of para-hydroxylation sites is 1. The molecule has 0 aliphatic carbocycles. The normalized spacial score (nSPS) is 12.3. The summed E-state index contributed by atoms with van der Waals surface area (Å²) in [5.41, 5.74) is 10.3. The van der Waals surface area contributed by atoms with Crippen molar-refractivity contribution in [3.05, 3.63) is 168 Å². The Balaban J connectivity index is 1.20. The Hall–Kier alpha value is -5.75. The van der Waals surface area contributed by atoms with Gasteiger partial charge in [0.2, 0.25) is 0 Å². The van der Waals surface area contributed by atoms with E-state index in [1.54, 1.807) is 0 Å². The van der Waals surface area contributed by atoms with Crippen molar-refractivity contribution in [2.75, 3.05) is 0 Å². The lowest BCUT2D eigenvalue weighted by Crippen LogP contribution is -2.06. The number of halogens is 1. The second-order valence-electron chi connectivity index (χ2n) is 13.0. The van der Waals surface area contributed by atoms with E-state index < -0.39 is 0 Å². The van der Waals surface area contributed by atoms with Gasteiger partial charge in [-0.3, -0.25) is 4.57 Å². The molecule has 0 atom stereocenters. The van der Waals surface area contributed by atoms with Gasteiger partial charge in [0.05, 0.1) is 16.7 Å². The Morgan fingerprint density at radius 2 is 1.37 bits per heavy atom. The number of hydrogen-bond donors (Lipinski definition) is 0. The minimum Gasteiger partial charge on any atom is -0.456 e. The number of rotatable bonds is 4. The fourth-order valence-corrected chi connectivity index (χ4v) is 9.26. The van der Waals surface area contributed by atoms with Gasteiger partial charge in [0.25, 0.3) is 0 Å². The lowest BCUT2D eigenvalue weighted by Gasteiger charge is -2.12. The van der Waals surface area contributed by atoms with Gasteiger partial charge < -0.3 is 4.42 Å². The highest BCUT2D eigenvalue weighted by atomic mass is 79.9. The van der Waals surface area contributed by atoms with E-state index in [1.165, 1.54) is 30.9 Å². The Kier molecular flexibility index (Phi) is 6.88. The summed E-state index contributed by atoms with van der Waals surface area (Å²) in [5.74, 6) is 0.896. The second kappa shape index (κ2) is 11.7. The van der Waals surface area contributed by atoms with Gasteiger partial charge in [-0.25, -0.2) is 4.99 Å². The summed E-state index contributed by atoms with van der Waals surface area (Å²) in [6, 6.07) is 51.5.